The van der Waals surface area contributed by atoms with Crippen LogP contribution < -0.4 is 5.32 Å². The number of hydrogen-bond donors (Lipinski definition) is 1. The average molecular weight is 162 g/mol. The molecule has 1 atom stereocenters. The zero-order valence-corrected chi connectivity index (χ0v) is 7.54. The van der Waals surface area contributed by atoms with E-state index in [4.69, 9.17) is 0 Å². The van der Waals surface area contributed by atoms with Crippen molar-refractivity contribution in [3.63, 3.8) is 0 Å². The first kappa shape index (κ1) is 7.74. The molecule has 1 saturated heterocycles. The number of nitrogens with zero attached hydrogens (tertiary/aromatic N) is 1. The van der Waals surface area contributed by atoms with Crippen LogP contribution in [0.2, 0.25) is 0 Å². The van der Waals surface area contributed by atoms with Gasteiger partial charge in [0.25, 0.3) is 0 Å². The standard InChI is InChI=1S/C10H14N2/c1-10(2)9(7-12-10)8-4-3-5-11-6-8/h3-6,9,12H,7H2,1-2H3. The lowest BCUT2D eigenvalue weighted by molar-refractivity contribution is 0.208. The molecule has 12 heavy (non-hydrogen) atoms. The van der Waals surface area contributed by atoms with Crippen LogP contribution in [0.25, 0.3) is 0 Å². The molecule has 1 unspecified atom stereocenters. The topological polar surface area (TPSA) is 24.9 Å². The first-order chi connectivity index (χ1) is 5.70. The summed E-state index contributed by atoms with van der Waals surface area (Å²) in [6.07, 6.45) is 3.79. The van der Waals surface area contributed by atoms with Crippen molar-refractivity contribution in [2.24, 2.45) is 0 Å². The lowest BCUT2D eigenvalue weighted by atomic mass is 9.76. The molecule has 0 saturated carbocycles. The number of nitrogens with one attached hydrogen (secondary N) is 1. The zero-order chi connectivity index (χ0) is 8.60. The van der Waals surface area contributed by atoms with Gasteiger partial charge in [-0.25, -0.2) is 0 Å². The number of hydrogen-bond acceptors (Lipinski definition) is 2. The Morgan fingerprint density at radius 1 is 1.58 bits per heavy atom. The molecule has 0 radical (unpaired) electrons. The SMILES string of the molecule is CC1(C)NCC1c1cccnc1. The quantitative estimate of drug-likeness (QED) is 0.677. The summed E-state index contributed by atoms with van der Waals surface area (Å²) in [6, 6.07) is 4.16. The molecule has 2 nitrogen and oxygen atoms in total. The molecular formula is C10H14N2. The summed E-state index contributed by atoms with van der Waals surface area (Å²) in [4.78, 5) is 4.13. The Labute approximate surface area is 73.0 Å². The smallest absolute Gasteiger partial charge is 0.0303 e. The molecule has 1 aromatic heterocycles. The van der Waals surface area contributed by atoms with Gasteiger partial charge in [-0.1, -0.05) is 6.07 Å². The van der Waals surface area contributed by atoms with Crippen molar-refractivity contribution in [2.45, 2.75) is 25.3 Å². The van der Waals surface area contributed by atoms with E-state index >= 15 is 0 Å². The molecule has 0 amide bonds. The minimum absolute atomic E-state index is 0.253. The van der Waals surface area contributed by atoms with Gasteiger partial charge in [0, 0.05) is 30.4 Å². The summed E-state index contributed by atoms with van der Waals surface area (Å²) in [6.45, 7) is 5.54. The molecule has 0 spiro atoms. The number of aromatic nitrogens is 1. The second-order valence-corrected chi connectivity index (χ2v) is 3.94. The highest BCUT2D eigenvalue weighted by Crippen LogP contribution is 2.33. The molecular weight excluding hydrogens is 148 g/mol. The van der Waals surface area contributed by atoms with E-state index < -0.39 is 0 Å². The molecule has 1 aliphatic rings. The molecule has 2 rings (SSSR count). The maximum Gasteiger partial charge on any atom is 0.0303 e. The molecule has 0 aliphatic carbocycles. The maximum atomic E-state index is 4.13. The Balaban J connectivity index is 2.22. The van der Waals surface area contributed by atoms with Gasteiger partial charge in [-0.15, -0.1) is 0 Å². The summed E-state index contributed by atoms with van der Waals surface area (Å²) < 4.78 is 0. The molecule has 1 aliphatic heterocycles. The van der Waals surface area contributed by atoms with Crippen molar-refractivity contribution in [1.29, 1.82) is 0 Å². The zero-order valence-electron chi connectivity index (χ0n) is 7.54. The average Bonchev–Trinajstić information content (AvgIpc) is 2.05. The Morgan fingerprint density at radius 3 is 2.83 bits per heavy atom. The van der Waals surface area contributed by atoms with E-state index in [2.05, 4.69) is 30.2 Å². The highest BCUT2D eigenvalue weighted by Gasteiger charge is 2.38. The third-order valence-corrected chi connectivity index (χ3v) is 2.72. The van der Waals surface area contributed by atoms with Gasteiger partial charge in [0.05, 0.1) is 0 Å². The summed E-state index contributed by atoms with van der Waals surface area (Å²) in [5.74, 6) is 0.631. The van der Waals surface area contributed by atoms with Crippen molar-refractivity contribution in [1.82, 2.24) is 10.3 Å². The normalized spacial score (nSPS) is 26.3. The van der Waals surface area contributed by atoms with Gasteiger partial charge in [0.15, 0.2) is 0 Å². The van der Waals surface area contributed by atoms with Crippen LogP contribution in [0.3, 0.4) is 0 Å². The van der Waals surface area contributed by atoms with Gasteiger partial charge in [0.2, 0.25) is 0 Å². The molecule has 1 fully saturated rings. The van der Waals surface area contributed by atoms with E-state index in [0.717, 1.165) is 6.54 Å². The fraction of sp³-hybridized carbons (Fsp3) is 0.500. The molecule has 1 N–H and O–H groups in total. The predicted molar refractivity (Wildman–Crippen MR) is 49.1 cm³/mol. The summed E-state index contributed by atoms with van der Waals surface area (Å²) >= 11 is 0. The predicted octanol–water partition coefficient (Wildman–Crippen LogP) is 1.55. The summed E-state index contributed by atoms with van der Waals surface area (Å²) in [5, 5.41) is 3.41. The van der Waals surface area contributed by atoms with Gasteiger partial charge >= 0.3 is 0 Å². The summed E-state index contributed by atoms with van der Waals surface area (Å²) in [7, 11) is 0. The first-order valence-corrected chi connectivity index (χ1v) is 4.35. The van der Waals surface area contributed by atoms with Crippen LogP contribution in [0.4, 0.5) is 0 Å². The van der Waals surface area contributed by atoms with E-state index in [1.54, 1.807) is 0 Å². The molecule has 64 valence electrons. The Bertz CT molecular complexity index is 266. The van der Waals surface area contributed by atoms with Crippen LogP contribution in [0.1, 0.15) is 25.3 Å². The number of rotatable bonds is 1. The van der Waals surface area contributed by atoms with Gasteiger partial charge in [0.1, 0.15) is 0 Å². The van der Waals surface area contributed by atoms with Crippen molar-refractivity contribution >= 4 is 0 Å². The van der Waals surface area contributed by atoms with Gasteiger partial charge in [-0.3, -0.25) is 4.98 Å². The molecule has 0 aromatic carbocycles. The fourth-order valence-electron chi connectivity index (χ4n) is 1.73. The van der Waals surface area contributed by atoms with Crippen LogP contribution in [-0.4, -0.2) is 17.1 Å². The number of pyridine rings is 1. The second kappa shape index (κ2) is 2.56. The fourth-order valence-corrected chi connectivity index (χ4v) is 1.73. The van der Waals surface area contributed by atoms with E-state index in [0.29, 0.717) is 5.92 Å². The van der Waals surface area contributed by atoms with Crippen molar-refractivity contribution in [2.75, 3.05) is 6.54 Å². The van der Waals surface area contributed by atoms with Crippen LogP contribution in [0.15, 0.2) is 24.5 Å². The maximum absolute atomic E-state index is 4.13. The molecule has 2 heteroatoms. The van der Waals surface area contributed by atoms with Crippen LogP contribution in [-0.2, 0) is 0 Å². The van der Waals surface area contributed by atoms with Crippen LogP contribution >= 0.6 is 0 Å². The van der Waals surface area contributed by atoms with E-state index in [-0.39, 0.29) is 5.54 Å². The minimum Gasteiger partial charge on any atom is -0.310 e. The van der Waals surface area contributed by atoms with E-state index in [1.165, 1.54) is 5.56 Å². The third kappa shape index (κ3) is 1.12. The Kier molecular flexibility index (Phi) is 1.65. The highest BCUT2D eigenvalue weighted by molar-refractivity contribution is 5.24. The van der Waals surface area contributed by atoms with Gasteiger partial charge in [-0.2, -0.15) is 0 Å². The van der Waals surface area contributed by atoms with Gasteiger partial charge < -0.3 is 5.32 Å². The summed E-state index contributed by atoms with van der Waals surface area (Å²) in [5.41, 5.74) is 1.60. The van der Waals surface area contributed by atoms with Crippen molar-refractivity contribution in [3.05, 3.63) is 30.1 Å². The largest absolute Gasteiger partial charge is 0.310 e. The molecule has 2 heterocycles. The second-order valence-electron chi connectivity index (χ2n) is 3.94. The third-order valence-electron chi connectivity index (χ3n) is 2.72. The Hall–Kier alpha value is -0.890. The minimum atomic E-state index is 0.253. The lowest BCUT2D eigenvalue weighted by Crippen LogP contribution is -2.59. The molecule has 1 aromatic rings. The van der Waals surface area contributed by atoms with E-state index in [1.807, 2.05) is 18.5 Å². The highest BCUT2D eigenvalue weighted by atomic mass is 15.1. The first-order valence-electron chi connectivity index (χ1n) is 4.35. The van der Waals surface area contributed by atoms with E-state index in [9.17, 15) is 0 Å². The monoisotopic (exact) mass is 162 g/mol. The van der Waals surface area contributed by atoms with Crippen molar-refractivity contribution in [3.8, 4) is 0 Å². The van der Waals surface area contributed by atoms with Crippen LogP contribution in [0, 0.1) is 0 Å². The molecule has 0 bridgehead atoms. The van der Waals surface area contributed by atoms with Gasteiger partial charge in [-0.05, 0) is 25.5 Å². The van der Waals surface area contributed by atoms with Crippen LogP contribution in [0.5, 0.6) is 0 Å². The lowest BCUT2D eigenvalue weighted by Gasteiger charge is -2.46. The Morgan fingerprint density at radius 2 is 2.42 bits per heavy atom. The van der Waals surface area contributed by atoms with Crippen molar-refractivity contribution < 1.29 is 0 Å².